The minimum Gasteiger partial charge on any atom is -0.377 e. The van der Waals surface area contributed by atoms with Gasteiger partial charge < -0.3 is 10.1 Å². The van der Waals surface area contributed by atoms with Crippen LogP contribution >= 0.6 is 23.1 Å². The van der Waals surface area contributed by atoms with Crippen LogP contribution in [-0.4, -0.2) is 24.5 Å². The fraction of sp³-hybridized carbons (Fsp3) is 0.714. The highest BCUT2D eigenvalue weighted by Gasteiger charge is 2.38. The highest BCUT2D eigenvalue weighted by atomic mass is 32.2. The van der Waals surface area contributed by atoms with E-state index in [4.69, 9.17) is 4.74 Å². The quantitative estimate of drug-likeness (QED) is 0.907. The third-order valence-corrected chi connectivity index (χ3v) is 6.62. The summed E-state index contributed by atoms with van der Waals surface area (Å²) in [5, 5.41) is 6.69. The minimum atomic E-state index is 0.129. The Kier molecular flexibility index (Phi) is 3.72. The number of hydrogen-bond acceptors (Lipinski definition) is 4. The molecule has 1 unspecified atom stereocenters. The molecule has 100 valence electrons. The Hall–Kier alpha value is -0.0300. The molecule has 1 saturated carbocycles. The van der Waals surface area contributed by atoms with E-state index in [9.17, 15) is 0 Å². The molecule has 18 heavy (non-hydrogen) atoms. The van der Waals surface area contributed by atoms with Crippen LogP contribution in [0.1, 0.15) is 44.2 Å². The van der Waals surface area contributed by atoms with Crippen molar-refractivity contribution in [2.45, 2.75) is 53.7 Å². The number of rotatable bonds is 4. The van der Waals surface area contributed by atoms with Crippen molar-refractivity contribution in [2.24, 2.45) is 0 Å². The monoisotopic (exact) mass is 283 g/mol. The molecule has 0 saturated heterocycles. The van der Waals surface area contributed by atoms with Crippen molar-refractivity contribution in [3.63, 3.8) is 0 Å². The first-order valence-electron chi connectivity index (χ1n) is 6.75. The Bertz CT molecular complexity index is 408. The van der Waals surface area contributed by atoms with Gasteiger partial charge in [-0.25, -0.2) is 0 Å². The molecular weight excluding hydrogens is 262 g/mol. The van der Waals surface area contributed by atoms with Crippen LogP contribution in [0, 0.1) is 0 Å². The van der Waals surface area contributed by atoms with Crippen molar-refractivity contribution in [2.75, 3.05) is 13.7 Å². The van der Waals surface area contributed by atoms with Crippen molar-refractivity contribution in [1.29, 1.82) is 0 Å². The Labute approximate surface area is 117 Å². The van der Waals surface area contributed by atoms with Crippen molar-refractivity contribution in [1.82, 2.24) is 5.32 Å². The zero-order chi connectivity index (χ0) is 12.6. The maximum Gasteiger partial charge on any atom is 0.0802 e. The third kappa shape index (κ3) is 2.36. The zero-order valence-electron chi connectivity index (χ0n) is 11.1. The Morgan fingerprint density at radius 1 is 1.50 bits per heavy atom. The Morgan fingerprint density at radius 3 is 3.00 bits per heavy atom. The van der Waals surface area contributed by atoms with E-state index >= 15 is 0 Å². The van der Waals surface area contributed by atoms with Gasteiger partial charge in [-0.05, 0) is 42.7 Å². The summed E-state index contributed by atoms with van der Waals surface area (Å²) in [4.78, 5) is 0. The molecule has 3 rings (SSSR count). The van der Waals surface area contributed by atoms with Gasteiger partial charge in [-0.2, -0.15) is 0 Å². The molecule has 1 N–H and O–H groups in total. The SMILES string of the molecule is COC1(CNC2C[C@H](C)Sc3sccc32)CCC1. The second-order valence-electron chi connectivity index (χ2n) is 5.50. The molecule has 0 radical (unpaired) electrons. The van der Waals surface area contributed by atoms with Gasteiger partial charge in [0.05, 0.1) is 9.81 Å². The van der Waals surface area contributed by atoms with E-state index in [0.717, 1.165) is 6.54 Å². The number of hydrogen-bond donors (Lipinski definition) is 1. The summed E-state index contributed by atoms with van der Waals surface area (Å²) in [6.07, 6.45) is 4.97. The number of fused-ring (bicyclic) bond motifs is 1. The molecule has 1 fully saturated rings. The predicted octanol–water partition coefficient (Wildman–Crippen LogP) is 3.83. The van der Waals surface area contributed by atoms with Gasteiger partial charge in [0, 0.05) is 24.9 Å². The highest BCUT2D eigenvalue weighted by molar-refractivity contribution is 8.01. The van der Waals surface area contributed by atoms with Gasteiger partial charge in [-0.15, -0.1) is 23.1 Å². The van der Waals surface area contributed by atoms with Gasteiger partial charge in [0.1, 0.15) is 0 Å². The molecule has 1 aliphatic heterocycles. The minimum absolute atomic E-state index is 0.129. The molecule has 2 aliphatic rings. The standard InChI is InChI=1S/C14H21NOS2/c1-10-8-12(11-4-7-17-13(11)18-10)15-9-14(16-2)5-3-6-14/h4,7,10,12,15H,3,5-6,8-9H2,1-2H3/t10-,12?/m0/s1. The van der Waals surface area contributed by atoms with E-state index in [0.29, 0.717) is 11.3 Å². The molecule has 4 heteroatoms. The van der Waals surface area contributed by atoms with Crippen molar-refractivity contribution < 1.29 is 4.74 Å². The molecule has 0 amide bonds. The predicted molar refractivity (Wildman–Crippen MR) is 78.6 cm³/mol. The lowest BCUT2D eigenvalue weighted by Crippen LogP contribution is -2.49. The maximum absolute atomic E-state index is 5.70. The van der Waals surface area contributed by atoms with Crippen LogP contribution in [0.4, 0.5) is 0 Å². The summed E-state index contributed by atoms with van der Waals surface area (Å²) in [6, 6.07) is 2.81. The summed E-state index contributed by atoms with van der Waals surface area (Å²) in [5.41, 5.74) is 1.64. The lowest BCUT2D eigenvalue weighted by Gasteiger charge is -2.42. The lowest BCUT2D eigenvalue weighted by atomic mass is 9.79. The van der Waals surface area contributed by atoms with Crippen LogP contribution in [0.3, 0.4) is 0 Å². The molecule has 0 bridgehead atoms. The maximum atomic E-state index is 5.70. The number of nitrogens with one attached hydrogen (secondary N) is 1. The van der Waals surface area contributed by atoms with Crippen LogP contribution in [-0.2, 0) is 4.74 Å². The van der Waals surface area contributed by atoms with E-state index in [2.05, 4.69) is 23.7 Å². The smallest absolute Gasteiger partial charge is 0.0802 e. The first-order chi connectivity index (χ1) is 8.72. The molecule has 0 spiro atoms. The summed E-state index contributed by atoms with van der Waals surface area (Å²) >= 11 is 3.91. The highest BCUT2D eigenvalue weighted by Crippen LogP contribution is 2.44. The molecule has 1 aliphatic carbocycles. The van der Waals surface area contributed by atoms with E-state index in [-0.39, 0.29) is 5.60 Å². The van der Waals surface area contributed by atoms with E-state index in [1.807, 2.05) is 30.2 Å². The van der Waals surface area contributed by atoms with Crippen LogP contribution in [0.25, 0.3) is 0 Å². The van der Waals surface area contributed by atoms with E-state index in [1.54, 1.807) is 0 Å². The molecule has 2 nitrogen and oxygen atoms in total. The summed E-state index contributed by atoms with van der Waals surface area (Å²) < 4.78 is 7.20. The second-order valence-corrected chi connectivity index (χ2v) is 8.12. The molecule has 2 heterocycles. The number of methoxy groups -OCH3 is 1. The van der Waals surface area contributed by atoms with Crippen molar-refractivity contribution >= 4 is 23.1 Å². The van der Waals surface area contributed by atoms with Crippen LogP contribution in [0.15, 0.2) is 15.7 Å². The van der Waals surface area contributed by atoms with Gasteiger partial charge >= 0.3 is 0 Å². The fourth-order valence-corrected chi connectivity index (χ4v) is 5.44. The molecule has 2 atom stereocenters. The number of thiophene rings is 1. The van der Waals surface area contributed by atoms with Gasteiger partial charge in [-0.3, -0.25) is 0 Å². The molecule has 1 aromatic heterocycles. The van der Waals surface area contributed by atoms with Crippen LogP contribution in [0.5, 0.6) is 0 Å². The summed E-state index contributed by atoms with van der Waals surface area (Å²) in [7, 11) is 1.86. The van der Waals surface area contributed by atoms with Gasteiger partial charge in [0.15, 0.2) is 0 Å². The van der Waals surface area contributed by atoms with Gasteiger partial charge in [0.2, 0.25) is 0 Å². The molecule has 0 aromatic carbocycles. The van der Waals surface area contributed by atoms with E-state index < -0.39 is 0 Å². The Balaban J connectivity index is 1.67. The Morgan fingerprint density at radius 2 is 2.33 bits per heavy atom. The largest absolute Gasteiger partial charge is 0.377 e. The normalized spacial score (nSPS) is 29.7. The average Bonchev–Trinajstić information content (AvgIpc) is 2.75. The molecule has 1 aromatic rings. The van der Waals surface area contributed by atoms with Crippen LogP contribution in [0.2, 0.25) is 0 Å². The van der Waals surface area contributed by atoms with Gasteiger partial charge in [0.25, 0.3) is 0 Å². The number of ether oxygens (including phenoxy) is 1. The summed E-state index contributed by atoms with van der Waals surface area (Å²) in [5.74, 6) is 0. The average molecular weight is 283 g/mol. The van der Waals surface area contributed by atoms with Gasteiger partial charge in [-0.1, -0.05) is 6.92 Å². The second kappa shape index (κ2) is 5.16. The zero-order valence-corrected chi connectivity index (χ0v) is 12.7. The van der Waals surface area contributed by atoms with Crippen molar-refractivity contribution in [3.8, 4) is 0 Å². The fourth-order valence-electron chi connectivity index (χ4n) is 2.88. The topological polar surface area (TPSA) is 21.3 Å². The lowest BCUT2D eigenvalue weighted by molar-refractivity contribution is -0.0711. The first kappa shape index (κ1) is 13.0. The van der Waals surface area contributed by atoms with Crippen molar-refractivity contribution in [3.05, 3.63) is 17.0 Å². The van der Waals surface area contributed by atoms with Crippen LogP contribution < -0.4 is 5.32 Å². The first-order valence-corrected chi connectivity index (χ1v) is 8.51. The third-order valence-electron chi connectivity index (χ3n) is 4.28. The van der Waals surface area contributed by atoms with E-state index in [1.165, 1.54) is 35.5 Å². The molecular formula is C14H21NOS2. The summed E-state index contributed by atoms with van der Waals surface area (Å²) in [6.45, 7) is 3.33. The number of thioether (sulfide) groups is 1.